The third-order valence-corrected chi connectivity index (χ3v) is 2.35. The molecule has 0 spiro atoms. The van der Waals surface area contributed by atoms with Crippen LogP contribution < -0.4 is 0 Å². The zero-order chi connectivity index (χ0) is 10.8. The van der Waals surface area contributed by atoms with Gasteiger partial charge in [0.05, 0.1) is 0 Å². The van der Waals surface area contributed by atoms with Gasteiger partial charge in [-0.25, -0.2) is 0 Å². The highest BCUT2D eigenvalue weighted by molar-refractivity contribution is 5.03. The largest absolute Gasteiger partial charge is 0.0845 e. The summed E-state index contributed by atoms with van der Waals surface area (Å²) < 4.78 is 0. The Bertz CT molecular complexity index is 163. The second kappa shape index (κ2) is 9.05. The molecule has 0 aromatic rings. The minimum absolute atomic E-state index is 0.665. The number of allylic oxidation sites excluding steroid dienone is 4. The van der Waals surface area contributed by atoms with Crippen molar-refractivity contribution in [3.63, 3.8) is 0 Å². The standard InChI is InChI=1S/C14H26/c1-5-10-14(4)12-9-7-6-8-11-13(2)3/h6-8,11,13-14H,5,9-10,12H2,1-4H3. The Hall–Kier alpha value is -0.520. The lowest BCUT2D eigenvalue weighted by molar-refractivity contribution is 0.491. The lowest BCUT2D eigenvalue weighted by atomic mass is 10.0. The van der Waals surface area contributed by atoms with Gasteiger partial charge >= 0.3 is 0 Å². The van der Waals surface area contributed by atoms with Crippen molar-refractivity contribution in [2.45, 2.75) is 53.4 Å². The maximum absolute atomic E-state index is 2.35. The molecule has 0 aromatic heterocycles. The van der Waals surface area contributed by atoms with E-state index in [2.05, 4.69) is 52.0 Å². The van der Waals surface area contributed by atoms with E-state index in [1.165, 1.54) is 25.7 Å². The Balaban J connectivity index is 3.43. The minimum Gasteiger partial charge on any atom is -0.0845 e. The Kier molecular flexibility index (Phi) is 8.72. The first-order valence-corrected chi connectivity index (χ1v) is 6.00. The SMILES string of the molecule is CCCC(C)CCC=CC=CC(C)C. The van der Waals surface area contributed by atoms with Gasteiger partial charge in [-0.1, -0.05) is 64.8 Å². The molecule has 0 rings (SSSR count). The Labute approximate surface area is 90.1 Å². The predicted molar refractivity (Wildman–Crippen MR) is 66.4 cm³/mol. The molecule has 0 saturated heterocycles. The monoisotopic (exact) mass is 194 g/mol. The highest BCUT2D eigenvalue weighted by Gasteiger charge is 1.97. The Morgan fingerprint density at radius 1 is 1.00 bits per heavy atom. The summed E-state index contributed by atoms with van der Waals surface area (Å²) >= 11 is 0. The second-order valence-corrected chi connectivity index (χ2v) is 4.53. The molecule has 82 valence electrons. The fourth-order valence-electron chi connectivity index (χ4n) is 1.48. The molecule has 0 heteroatoms. The predicted octanol–water partition coefficient (Wildman–Crippen LogP) is 4.97. The molecule has 0 amide bonds. The average molecular weight is 194 g/mol. The summed E-state index contributed by atoms with van der Waals surface area (Å²) in [6, 6.07) is 0. The van der Waals surface area contributed by atoms with Crippen molar-refractivity contribution >= 4 is 0 Å². The summed E-state index contributed by atoms with van der Waals surface area (Å²) in [5.74, 6) is 1.55. The van der Waals surface area contributed by atoms with Crippen LogP contribution in [0.5, 0.6) is 0 Å². The highest BCUT2D eigenvalue weighted by atomic mass is 14.0. The van der Waals surface area contributed by atoms with Crippen LogP contribution in [0.25, 0.3) is 0 Å². The maximum Gasteiger partial charge on any atom is -0.0287 e. The lowest BCUT2D eigenvalue weighted by Gasteiger charge is -2.06. The van der Waals surface area contributed by atoms with E-state index in [4.69, 9.17) is 0 Å². The lowest BCUT2D eigenvalue weighted by Crippen LogP contribution is -1.91. The normalized spacial score (nSPS) is 14.6. The van der Waals surface area contributed by atoms with Crippen molar-refractivity contribution in [1.82, 2.24) is 0 Å². The van der Waals surface area contributed by atoms with Gasteiger partial charge < -0.3 is 0 Å². The molecule has 0 heterocycles. The van der Waals surface area contributed by atoms with Crippen LogP contribution in [0.3, 0.4) is 0 Å². The topological polar surface area (TPSA) is 0 Å². The fraction of sp³-hybridized carbons (Fsp3) is 0.714. The fourth-order valence-corrected chi connectivity index (χ4v) is 1.48. The van der Waals surface area contributed by atoms with Crippen molar-refractivity contribution in [2.24, 2.45) is 11.8 Å². The molecular weight excluding hydrogens is 168 g/mol. The van der Waals surface area contributed by atoms with Crippen LogP contribution in [-0.2, 0) is 0 Å². The first kappa shape index (κ1) is 13.5. The van der Waals surface area contributed by atoms with Crippen LogP contribution in [0.15, 0.2) is 24.3 Å². The van der Waals surface area contributed by atoms with Crippen molar-refractivity contribution in [2.75, 3.05) is 0 Å². The van der Waals surface area contributed by atoms with Crippen LogP contribution in [0.4, 0.5) is 0 Å². The minimum atomic E-state index is 0.665. The van der Waals surface area contributed by atoms with E-state index in [-0.39, 0.29) is 0 Å². The van der Waals surface area contributed by atoms with Crippen molar-refractivity contribution in [3.8, 4) is 0 Å². The molecule has 14 heavy (non-hydrogen) atoms. The van der Waals surface area contributed by atoms with E-state index in [1.54, 1.807) is 0 Å². The quantitative estimate of drug-likeness (QED) is 0.502. The molecule has 0 aliphatic carbocycles. The van der Waals surface area contributed by atoms with Gasteiger partial charge in [0.25, 0.3) is 0 Å². The first-order chi connectivity index (χ1) is 6.66. The smallest absolute Gasteiger partial charge is 0.0287 e. The third-order valence-electron chi connectivity index (χ3n) is 2.35. The van der Waals surface area contributed by atoms with Gasteiger partial charge in [0.15, 0.2) is 0 Å². The van der Waals surface area contributed by atoms with Crippen molar-refractivity contribution in [3.05, 3.63) is 24.3 Å². The van der Waals surface area contributed by atoms with E-state index in [0.717, 1.165) is 5.92 Å². The van der Waals surface area contributed by atoms with Gasteiger partial charge in [0.2, 0.25) is 0 Å². The van der Waals surface area contributed by atoms with Crippen LogP contribution in [-0.4, -0.2) is 0 Å². The molecule has 0 saturated carbocycles. The number of rotatable bonds is 7. The Morgan fingerprint density at radius 2 is 1.71 bits per heavy atom. The third kappa shape index (κ3) is 9.57. The van der Waals surface area contributed by atoms with Gasteiger partial charge in [-0.3, -0.25) is 0 Å². The molecule has 0 aliphatic heterocycles. The first-order valence-electron chi connectivity index (χ1n) is 6.00. The van der Waals surface area contributed by atoms with E-state index in [0.29, 0.717) is 5.92 Å². The molecule has 0 bridgehead atoms. The van der Waals surface area contributed by atoms with Gasteiger partial charge in [0, 0.05) is 0 Å². The molecule has 0 aromatic carbocycles. The van der Waals surface area contributed by atoms with E-state index < -0.39 is 0 Å². The van der Waals surface area contributed by atoms with Crippen molar-refractivity contribution in [1.29, 1.82) is 0 Å². The summed E-state index contributed by atoms with van der Waals surface area (Å²) in [7, 11) is 0. The molecule has 0 aliphatic rings. The number of hydrogen-bond donors (Lipinski definition) is 0. The number of hydrogen-bond acceptors (Lipinski definition) is 0. The van der Waals surface area contributed by atoms with E-state index in [1.807, 2.05) is 0 Å². The van der Waals surface area contributed by atoms with Crippen LogP contribution in [0.2, 0.25) is 0 Å². The molecular formula is C14H26. The summed E-state index contributed by atoms with van der Waals surface area (Å²) in [6.45, 7) is 9.01. The van der Waals surface area contributed by atoms with Crippen molar-refractivity contribution < 1.29 is 0 Å². The molecule has 1 atom stereocenters. The summed E-state index contributed by atoms with van der Waals surface area (Å²) in [5, 5.41) is 0. The summed E-state index contributed by atoms with van der Waals surface area (Å²) in [6.07, 6.45) is 14.1. The molecule has 0 nitrogen and oxygen atoms in total. The van der Waals surface area contributed by atoms with Crippen LogP contribution >= 0.6 is 0 Å². The maximum atomic E-state index is 2.35. The highest BCUT2D eigenvalue weighted by Crippen LogP contribution is 2.12. The van der Waals surface area contributed by atoms with Gasteiger partial charge in [-0.2, -0.15) is 0 Å². The average Bonchev–Trinajstić information content (AvgIpc) is 2.11. The van der Waals surface area contributed by atoms with E-state index in [9.17, 15) is 0 Å². The second-order valence-electron chi connectivity index (χ2n) is 4.53. The molecule has 1 unspecified atom stereocenters. The van der Waals surface area contributed by atoms with Gasteiger partial charge in [-0.05, 0) is 24.7 Å². The summed E-state index contributed by atoms with van der Waals surface area (Å²) in [4.78, 5) is 0. The van der Waals surface area contributed by atoms with E-state index >= 15 is 0 Å². The van der Waals surface area contributed by atoms with Crippen LogP contribution in [0, 0.1) is 11.8 Å². The summed E-state index contributed by atoms with van der Waals surface area (Å²) in [5.41, 5.74) is 0. The zero-order valence-corrected chi connectivity index (χ0v) is 10.3. The molecule has 0 N–H and O–H groups in total. The Morgan fingerprint density at radius 3 is 2.29 bits per heavy atom. The molecule has 0 radical (unpaired) electrons. The zero-order valence-electron chi connectivity index (χ0n) is 10.3. The molecule has 0 fully saturated rings. The van der Waals surface area contributed by atoms with Crippen LogP contribution in [0.1, 0.15) is 53.4 Å². The van der Waals surface area contributed by atoms with Gasteiger partial charge in [-0.15, -0.1) is 0 Å². The van der Waals surface area contributed by atoms with Gasteiger partial charge in [0.1, 0.15) is 0 Å².